The van der Waals surface area contributed by atoms with Crippen molar-refractivity contribution >= 4 is 23.8 Å². The van der Waals surface area contributed by atoms with Gasteiger partial charge in [-0.2, -0.15) is 17.6 Å². The number of carboxylic acids is 1. The topological polar surface area (TPSA) is 140 Å². The van der Waals surface area contributed by atoms with E-state index in [2.05, 4.69) is 20.1 Å². The molecule has 282 valence electrons. The van der Waals surface area contributed by atoms with Crippen LogP contribution in [-0.4, -0.2) is 54.2 Å². The maximum Gasteiger partial charge on any atom is 0.408 e. The molecular weight excluding hydrogens is 728 g/mol. The normalized spacial score (nSPS) is 11.6. The van der Waals surface area contributed by atoms with E-state index >= 15 is 0 Å². The van der Waals surface area contributed by atoms with Gasteiger partial charge in [-0.25, -0.2) is 22.4 Å². The van der Waals surface area contributed by atoms with Crippen molar-refractivity contribution in [2.45, 2.75) is 32.0 Å². The van der Waals surface area contributed by atoms with Crippen LogP contribution in [0.1, 0.15) is 18.1 Å². The highest BCUT2D eigenvalue weighted by Gasteiger charge is 2.26. The number of nitrogens with one attached hydrogen (secondary N) is 2. The van der Waals surface area contributed by atoms with Crippen molar-refractivity contribution < 1.29 is 73.6 Å². The van der Waals surface area contributed by atoms with Gasteiger partial charge in [0.25, 0.3) is 0 Å². The van der Waals surface area contributed by atoms with E-state index in [1.807, 2.05) is 60.7 Å². The Balaban J connectivity index is 0.000000286. The monoisotopic (exact) mass is 756 g/mol. The molecule has 0 aliphatic rings. The lowest BCUT2D eigenvalue weighted by Gasteiger charge is -2.20. The molecule has 10 nitrogen and oxygen atoms in total. The summed E-state index contributed by atoms with van der Waals surface area (Å²) in [7, 11) is 0. The van der Waals surface area contributed by atoms with E-state index < -0.39 is 107 Å². The van der Waals surface area contributed by atoms with Crippen LogP contribution in [-0.2, 0) is 32.1 Å². The summed E-state index contributed by atoms with van der Waals surface area (Å²) in [6.07, 6.45) is -0.544. The molecule has 53 heavy (non-hydrogen) atoms. The van der Waals surface area contributed by atoms with Gasteiger partial charge < -0.3 is 30.0 Å². The van der Waals surface area contributed by atoms with Crippen LogP contribution in [0.4, 0.5) is 39.9 Å². The van der Waals surface area contributed by atoms with E-state index in [9.17, 15) is 54.3 Å². The minimum Gasteiger partial charge on any atom is -0.480 e. The van der Waals surface area contributed by atoms with Crippen molar-refractivity contribution in [1.29, 1.82) is 0 Å². The number of halogens is 8. The molecule has 0 bridgehead atoms. The van der Waals surface area contributed by atoms with Crippen LogP contribution in [0.2, 0.25) is 0 Å². The SMILES string of the molecule is C[C@H](NC(=O)[C@H](Cc1ccccc1)NC(=O)OCc1ccccc1)C(=O)O.O=C(COc1c(F)c(F)cc(F)c1F)COc1c(F)c(F)cc(F)c1F. The number of hydrogen-bond acceptors (Lipinski definition) is 7. The maximum absolute atomic E-state index is 13.3. The molecule has 4 rings (SSSR count). The summed E-state index contributed by atoms with van der Waals surface area (Å²) in [6.45, 7) is -1.03. The van der Waals surface area contributed by atoms with Crippen LogP contribution in [0.25, 0.3) is 0 Å². The molecule has 2 amide bonds. The van der Waals surface area contributed by atoms with Gasteiger partial charge in [-0.1, -0.05) is 60.7 Å². The number of ketones is 1. The summed E-state index contributed by atoms with van der Waals surface area (Å²) < 4.78 is 119. The van der Waals surface area contributed by atoms with E-state index in [1.54, 1.807) is 0 Å². The van der Waals surface area contributed by atoms with Crippen molar-refractivity contribution in [3.63, 3.8) is 0 Å². The van der Waals surface area contributed by atoms with Crippen LogP contribution in [0.15, 0.2) is 72.8 Å². The van der Waals surface area contributed by atoms with Gasteiger partial charge in [-0.3, -0.25) is 14.4 Å². The van der Waals surface area contributed by atoms with Crippen molar-refractivity contribution in [3.05, 3.63) is 130 Å². The molecule has 0 radical (unpaired) electrons. The maximum atomic E-state index is 13.3. The standard InChI is InChI=1S/C20H22N2O5.C15H6F8O3/c1-14(19(24)25)21-18(23)17(12-15-8-4-2-5-9-15)22-20(26)27-13-16-10-6-3-7-11-16;16-6-1-7(17)11(21)14(10(6)20)25-3-5(24)4-26-15-12(22)8(18)2-9(19)13(15)23/h2-11,14,17H,12-13H2,1H3,(H,21,23)(H,22,26)(H,24,25);1-2H,3-4H2/t14-,17-;/m0./s1. The number of carbonyl (C=O) groups is 4. The van der Waals surface area contributed by atoms with Crippen LogP contribution < -0.4 is 20.1 Å². The second kappa shape index (κ2) is 19.4. The Morgan fingerprint density at radius 2 is 1.06 bits per heavy atom. The Kier molecular flexibility index (Phi) is 15.1. The van der Waals surface area contributed by atoms with Gasteiger partial charge in [-0.15, -0.1) is 0 Å². The first-order chi connectivity index (χ1) is 25.1. The number of amides is 2. The number of carbonyl (C=O) groups excluding carboxylic acids is 3. The average molecular weight is 757 g/mol. The fourth-order valence-electron chi connectivity index (χ4n) is 4.04. The molecule has 3 N–H and O–H groups in total. The Hall–Kier alpha value is -6.20. The van der Waals surface area contributed by atoms with E-state index in [-0.39, 0.29) is 25.2 Å². The Bertz CT molecular complexity index is 1800. The molecule has 4 aromatic carbocycles. The number of carboxylic acid groups (broad SMARTS) is 1. The number of benzene rings is 4. The molecule has 0 aromatic heterocycles. The predicted molar refractivity (Wildman–Crippen MR) is 167 cm³/mol. The summed E-state index contributed by atoms with van der Waals surface area (Å²) in [5.74, 6) is -20.9. The highest BCUT2D eigenvalue weighted by molar-refractivity contribution is 5.89. The van der Waals surface area contributed by atoms with Gasteiger partial charge in [0, 0.05) is 18.6 Å². The van der Waals surface area contributed by atoms with Crippen molar-refractivity contribution in [2.75, 3.05) is 13.2 Å². The zero-order valence-corrected chi connectivity index (χ0v) is 27.2. The summed E-state index contributed by atoms with van der Waals surface area (Å²) in [5, 5.41) is 13.9. The number of aliphatic carboxylic acids is 1. The van der Waals surface area contributed by atoms with Crippen LogP contribution >= 0.6 is 0 Å². The molecule has 0 saturated heterocycles. The fourth-order valence-corrected chi connectivity index (χ4v) is 4.04. The van der Waals surface area contributed by atoms with E-state index in [0.29, 0.717) is 0 Å². The number of alkyl carbamates (subject to hydrolysis) is 1. The molecule has 0 spiro atoms. The zero-order chi connectivity index (χ0) is 39.2. The third-order valence-electron chi connectivity index (χ3n) is 6.73. The lowest BCUT2D eigenvalue weighted by atomic mass is 10.1. The van der Waals surface area contributed by atoms with Crippen molar-refractivity contribution in [1.82, 2.24) is 10.6 Å². The van der Waals surface area contributed by atoms with Gasteiger partial charge in [-0.05, 0) is 18.1 Å². The van der Waals surface area contributed by atoms with Crippen LogP contribution in [0.3, 0.4) is 0 Å². The summed E-state index contributed by atoms with van der Waals surface area (Å²) >= 11 is 0. The molecule has 18 heteroatoms. The summed E-state index contributed by atoms with van der Waals surface area (Å²) in [6, 6.07) is 16.0. The summed E-state index contributed by atoms with van der Waals surface area (Å²) in [4.78, 5) is 47.0. The molecule has 2 atom stereocenters. The minimum atomic E-state index is -1.91. The first-order valence-electron chi connectivity index (χ1n) is 15.1. The number of Topliss-reactive ketones (excluding diaryl/α,β-unsaturated/α-hetero) is 1. The molecule has 0 fully saturated rings. The molecule has 0 heterocycles. The summed E-state index contributed by atoms with van der Waals surface area (Å²) in [5.41, 5.74) is 1.64. The zero-order valence-electron chi connectivity index (χ0n) is 27.2. The van der Waals surface area contributed by atoms with Gasteiger partial charge in [0.1, 0.15) is 18.7 Å². The third-order valence-corrected chi connectivity index (χ3v) is 6.73. The van der Waals surface area contributed by atoms with E-state index in [1.165, 1.54) is 6.92 Å². The Morgan fingerprint density at radius 3 is 1.47 bits per heavy atom. The van der Waals surface area contributed by atoms with Gasteiger partial charge in [0.05, 0.1) is 0 Å². The van der Waals surface area contributed by atoms with E-state index in [4.69, 9.17) is 9.84 Å². The number of ether oxygens (including phenoxy) is 3. The van der Waals surface area contributed by atoms with Gasteiger partial charge in [0.2, 0.25) is 35.0 Å². The third kappa shape index (κ3) is 12.2. The molecule has 0 saturated carbocycles. The molecule has 0 aliphatic carbocycles. The molecule has 0 unspecified atom stereocenters. The molecule has 4 aromatic rings. The smallest absolute Gasteiger partial charge is 0.408 e. The number of rotatable bonds is 14. The lowest BCUT2D eigenvalue weighted by Crippen LogP contribution is -2.51. The highest BCUT2D eigenvalue weighted by atomic mass is 19.2. The van der Waals surface area contributed by atoms with Crippen molar-refractivity contribution in [3.8, 4) is 11.5 Å². The number of hydrogen-bond donors (Lipinski definition) is 3. The minimum absolute atomic E-state index is 0.0673. The lowest BCUT2D eigenvalue weighted by molar-refractivity contribution is -0.141. The molecular formula is C35H28F8N2O8. The Morgan fingerprint density at radius 1 is 0.642 bits per heavy atom. The second-order valence-corrected chi connectivity index (χ2v) is 10.7. The van der Waals surface area contributed by atoms with Crippen molar-refractivity contribution in [2.24, 2.45) is 0 Å². The predicted octanol–water partition coefficient (Wildman–Crippen LogP) is 5.94. The quantitative estimate of drug-likeness (QED) is 0.106. The van der Waals surface area contributed by atoms with E-state index in [0.717, 1.165) is 11.1 Å². The fraction of sp³-hybridized carbons (Fsp3) is 0.200. The van der Waals surface area contributed by atoms with Gasteiger partial charge >= 0.3 is 12.1 Å². The molecule has 0 aliphatic heterocycles. The largest absolute Gasteiger partial charge is 0.480 e. The average Bonchev–Trinajstić information content (AvgIpc) is 3.13. The van der Waals surface area contributed by atoms with Gasteiger partial charge in [0.15, 0.2) is 48.0 Å². The van der Waals surface area contributed by atoms with Crippen LogP contribution in [0.5, 0.6) is 11.5 Å². The first kappa shape index (κ1) is 41.2. The highest BCUT2D eigenvalue weighted by Crippen LogP contribution is 2.28. The first-order valence-corrected chi connectivity index (χ1v) is 15.1. The second-order valence-electron chi connectivity index (χ2n) is 10.7. The van der Waals surface area contributed by atoms with Crippen LogP contribution in [0, 0.1) is 46.5 Å². The Labute approximate surface area is 295 Å².